The molecule has 3 atom stereocenters. The Labute approximate surface area is 145 Å². The van der Waals surface area contributed by atoms with Gasteiger partial charge in [0.15, 0.2) is 0 Å². The van der Waals surface area contributed by atoms with Crippen LogP contribution in [-0.4, -0.2) is 23.1 Å². The van der Waals surface area contributed by atoms with Gasteiger partial charge in [0.2, 0.25) is 0 Å². The summed E-state index contributed by atoms with van der Waals surface area (Å²) in [4.78, 5) is 11.4. The molecule has 1 N–H and O–H groups in total. The SMILES string of the molecule is O=C1SC(Cc2ccc3c(c2)CC(Cc2ccccc2)O3)C[NH+]1[O-]. The van der Waals surface area contributed by atoms with Crippen LogP contribution in [0.4, 0.5) is 4.79 Å². The van der Waals surface area contributed by atoms with Crippen LogP contribution in [0.15, 0.2) is 48.5 Å². The fourth-order valence-corrected chi connectivity index (χ4v) is 4.45. The maximum absolute atomic E-state index is 11.4. The van der Waals surface area contributed by atoms with Gasteiger partial charge in [0.25, 0.3) is 0 Å². The van der Waals surface area contributed by atoms with Gasteiger partial charge in [-0.05, 0) is 40.9 Å². The number of amides is 1. The van der Waals surface area contributed by atoms with E-state index < -0.39 is 0 Å². The van der Waals surface area contributed by atoms with E-state index in [4.69, 9.17) is 4.74 Å². The van der Waals surface area contributed by atoms with E-state index in [9.17, 15) is 10.0 Å². The van der Waals surface area contributed by atoms with Crippen LogP contribution in [0.1, 0.15) is 16.7 Å². The molecule has 1 amide bonds. The Bertz CT molecular complexity index is 750. The second kappa shape index (κ2) is 6.59. The first-order chi connectivity index (χ1) is 11.7. The van der Waals surface area contributed by atoms with Crippen LogP contribution >= 0.6 is 11.8 Å². The molecule has 0 radical (unpaired) electrons. The van der Waals surface area contributed by atoms with Crippen molar-refractivity contribution in [2.45, 2.75) is 30.6 Å². The van der Waals surface area contributed by atoms with Gasteiger partial charge in [-0.2, -0.15) is 0 Å². The minimum Gasteiger partial charge on any atom is -0.626 e. The van der Waals surface area contributed by atoms with E-state index in [0.717, 1.165) is 25.0 Å². The number of quaternary nitrogens is 1. The molecule has 24 heavy (non-hydrogen) atoms. The molecule has 0 saturated carbocycles. The lowest BCUT2D eigenvalue weighted by atomic mass is 10.0. The van der Waals surface area contributed by atoms with Crippen LogP contribution < -0.4 is 9.80 Å². The Morgan fingerprint density at radius 3 is 2.71 bits per heavy atom. The minimum atomic E-state index is -0.285. The summed E-state index contributed by atoms with van der Waals surface area (Å²) in [7, 11) is 0. The van der Waals surface area contributed by atoms with Gasteiger partial charge in [0, 0.05) is 12.8 Å². The Kier molecular flexibility index (Phi) is 4.31. The van der Waals surface area contributed by atoms with Gasteiger partial charge in [-0.3, -0.25) is 5.06 Å². The number of nitrogens with one attached hydrogen (secondary N) is 1. The van der Waals surface area contributed by atoms with Crippen molar-refractivity contribution < 1.29 is 14.6 Å². The van der Waals surface area contributed by atoms with Gasteiger partial charge in [0.05, 0.1) is 11.8 Å². The Morgan fingerprint density at radius 2 is 1.96 bits per heavy atom. The van der Waals surface area contributed by atoms with Crippen LogP contribution in [-0.2, 0) is 19.3 Å². The lowest BCUT2D eigenvalue weighted by Gasteiger charge is -2.11. The van der Waals surface area contributed by atoms with E-state index in [1.54, 1.807) is 0 Å². The van der Waals surface area contributed by atoms with Gasteiger partial charge in [-0.15, -0.1) is 0 Å². The number of hydrogen-bond donors (Lipinski definition) is 1. The van der Waals surface area contributed by atoms with Crippen LogP contribution in [0.3, 0.4) is 0 Å². The summed E-state index contributed by atoms with van der Waals surface area (Å²) in [6, 6.07) is 16.6. The highest BCUT2D eigenvalue weighted by atomic mass is 32.2. The monoisotopic (exact) mass is 341 g/mol. The van der Waals surface area contributed by atoms with Crippen molar-refractivity contribution in [3.05, 3.63) is 70.4 Å². The van der Waals surface area contributed by atoms with Crippen molar-refractivity contribution in [2.75, 3.05) is 6.54 Å². The molecule has 2 aromatic carbocycles. The van der Waals surface area contributed by atoms with Gasteiger partial charge in [-0.1, -0.05) is 42.5 Å². The number of fused-ring (bicyclic) bond motifs is 1. The summed E-state index contributed by atoms with van der Waals surface area (Å²) >= 11 is 1.18. The Hall–Kier alpha value is -1.82. The predicted octanol–water partition coefficient (Wildman–Crippen LogP) is 2.39. The van der Waals surface area contributed by atoms with Gasteiger partial charge in [-0.25, -0.2) is 4.79 Å². The summed E-state index contributed by atoms with van der Waals surface area (Å²) < 4.78 is 6.06. The quantitative estimate of drug-likeness (QED) is 0.868. The molecule has 2 aliphatic rings. The van der Waals surface area contributed by atoms with Gasteiger partial charge in [0.1, 0.15) is 11.9 Å². The standard InChI is InChI=1S/C19H19NO3S/c21-19-20(22)12-17(24-19)10-14-6-7-18-15(8-14)11-16(23-18)9-13-4-2-1-3-5-13/h1-8,16-17,20H,9-12H2. The molecule has 0 spiro atoms. The Balaban J connectivity index is 1.41. The van der Waals surface area contributed by atoms with Gasteiger partial charge < -0.3 is 9.94 Å². The molecule has 4 nitrogen and oxygen atoms in total. The third-order valence-corrected chi connectivity index (χ3v) is 5.66. The molecular weight excluding hydrogens is 322 g/mol. The summed E-state index contributed by atoms with van der Waals surface area (Å²) in [5, 5.41) is 11.0. The summed E-state index contributed by atoms with van der Waals surface area (Å²) in [5.74, 6) is 0.964. The molecule has 1 fully saturated rings. The normalized spacial score (nSPS) is 25.5. The molecule has 5 heteroatoms. The lowest BCUT2D eigenvalue weighted by Crippen LogP contribution is -3.07. The smallest absolute Gasteiger partial charge is 0.373 e. The summed E-state index contributed by atoms with van der Waals surface area (Å²) in [6.07, 6.45) is 2.76. The first-order valence-electron chi connectivity index (χ1n) is 8.23. The number of hydroxylamine groups is 2. The van der Waals surface area contributed by atoms with E-state index in [0.29, 0.717) is 6.54 Å². The largest absolute Gasteiger partial charge is 0.626 e. The maximum atomic E-state index is 11.4. The molecule has 0 aliphatic carbocycles. The van der Waals surface area contributed by atoms with E-state index in [-0.39, 0.29) is 21.7 Å². The molecule has 1 saturated heterocycles. The highest BCUT2D eigenvalue weighted by Gasteiger charge is 2.31. The molecule has 2 heterocycles. The molecule has 2 aliphatic heterocycles. The molecule has 2 aromatic rings. The van der Waals surface area contributed by atoms with Crippen molar-refractivity contribution in [1.82, 2.24) is 0 Å². The zero-order valence-electron chi connectivity index (χ0n) is 13.2. The number of rotatable bonds is 4. The number of ether oxygens (including phenoxy) is 1. The molecule has 0 aromatic heterocycles. The zero-order valence-corrected chi connectivity index (χ0v) is 14.1. The predicted molar refractivity (Wildman–Crippen MR) is 94.4 cm³/mol. The number of carbonyl (C=O) groups is 1. The molecular formula is C19H19NO3S. The van der Waals surface area contributed by atoms with E-state index >= 15 is 0 Å². The van der Waals surface area contributed by atoms with Crippen molar-refractivity contribution in [2.24, 2.45) is 0 Å². The fourth-order valence-electron chi connectivity index (χ4n) is 3.42. The second-order valence-corrected chi connectivity index (χ2v) is 7.71. The third-order valence-electron chi connectivity index (χ3n) is 4.55. The van der Waals surface area contributed by atoms with Crippen LogP contribution in [0.25, 0.3) is 0 Å². The summed E-state index contributed by atoms with van der Waals surface area (Å²) in [6.45, 7) is 0.369. The van der Waals surface area contributed by atoms with Crippen LogP contribution in [0.2, 0.25) is 0 Å². The maximum Gasteiger partial charge on any atom is 0.373 e. The minimum absolute atomic E-state index is 0.0884. The van der Waals surface area contributed by atoms with E-state index in [1.807, 2.05) is 12.1 Å². The highest BCUT2D eigenvalue weighted by Crippen LogP contribution is 2.32. The van der Waals surface area contributed by atoms with E-state index in [1.165, 1.54) is 28.5 Å². The number of carbonyl (C=O) groups excluding carboxylic acids is 1. The van der Waals surface area contributed by atoms with Crippen molar-refractivity contribution >= 4 is 17.0 Å². The Morgan fingerprint density at radius 1 is 1.12 bits per heavy atom. The number of hydrogen-bond acceptors (Lipinski definition) is 4. The highest BCUT2D eigenvalue weighted by molar-refractivity contribution is 8.13. The molecule has 4 rings (SSSR count). The average Bonchev–Trinajstić information content (AvgIpc) is 3.10. The van der Waals surface area contributed by atoms with E-state index in [2.05, 4.69) is 36.4 Å². The van der Waals surface area contributed by atoms with Crippen molar-refractivity contribution in [3.63, 3.8) is 0 Å². The molecule has 0 bridgehead atoms. The zero-order chi connectivity index (χ0) is 16.5. The van der Waals surface area contributed by atoms with Gasteiger partial charge >= 0.3 is 5.24 Å². The number of benzene rings is 2. The number of thioether (sulfide) groups is 1. The lowest BCUT2D eigenvalue weighted by molar-refractivity contribution is -0.746. The third kappa shape index (κ3) is 3.34. The fraction of sp³-hybridized carbons (Fsp3) is 0.316. The van der Waals surface area contributed by atoms with Crippen LogP contribution in [0, 0.1) is 5.21 Å². The van der Waals surface area contributed by atoms with Crippen LogP contribution in [0.5, 0.6) is 5.75 Å². The van der Waals surface area contributed by atoms with Crippen molar-refractivity contribution in [3.8, 4) is 5.75 Å². The second-order valence-electron chi connectivity index (χ2n) is 6.43. The molecule has 3 unspecified atom stereocenters. The first-order valence-corrected chi connectivity index (χ1v) is 9.11. The summed E-state index contributed by atoms with van der Waals surface area (Å²) in [5.41, 5.74) is 3.70. The first kappa shape index (κ1) is 15.7. The molecule has 124 valence electrons. The van der Waals surface area contributed by atoms with Crippen molar-refractivity contribution in [1.29, 1.82) is 0 Å². The topological polar surface area (TPSA) is 53.8 Å². The average molecular weight is 341 g/mol.